The summed E-state index contributed by atoms with van der Waals surface area (Å²) in [5.41, 5.74) is 1.08. The molecular formula is C8H4INOS. The van der Waals surface area contributed by atoms with Crippen LogP contribution in [0.4, 0.5) is 0 Å². The number of aldehydes is 1. The molecule has 0 saturated heterocycles. The number of rotatable bonds is 1. The van der Waals surface area contributed by atoms with Gasteiger partial charge in [-0.05, 0) is 26.3 Å². The van der Waals surface area contributed by atoms with E-state index >= 15 is 0 Å². The van der Waals surface area contributed by atoms with Crippen LogP contribution in [0.3, 0.4) is 0 Å². The fourth-order valence-electron chi connectivity index (χ4n) is 0.691. The van der Waals surface area contributed by atoms with Gasteiger partial charge in [0.1, 0.15) is 5.69 Å². The molecule has 1 aromatic rings. The van der Waals surface area contributed by atoms with Crippen molar-refractivity contribution in [1.29, 1.82) is 0 Å². The first kappa shape index (κ1) is 9.55. The zero-order valence-electron chi connectivity index (χ0n) is 5.95. The number of nitrogens with zero attached hydrogens (tertiary/aromatic N) is 1. The maximum atomic E-state index is 10.5. The van der Waals surface area contributed by atoms with Gasteiger partial charge in [-0.2, -0.15) is 0 Å². The maximum absolute atomic E-state index is 10.5. The maximum Gasteiger partial charge on any atom is 0.169 e. The third-order valence-corrected chi connectivity index (χ3v) is 2.01. The summed E-state index contributed by atoms with van der Waals surface area (Å²) in [5.74, 6) is 2.83. The molecule has 0 spiro atoms. The van der Waals surface area contributed by atoms with Crippen LogP contribution < -0.4 is 0 Å². The molecule has 1 aromatic heterocycles. The van der Waals surface area contributed by atoms with Gasteiger partial charge in [0, 0.05) is 27.4 Å². The smallest absolute Gasteiger partial charge is 0.169 e. The molecule has 2 nitrogen and oxygen atoms in total. The fraction of sp³-hybridized carbons (Fsp3) is 0. The van der Waals surface area contributed by atoms with Crippen molar-refractivity contribution in [3.8, 4) is 11.2 Å². The monoisotopic (exact) mass is 289 g/mol. The van der Waals surface area contributed by atoms with Crippen molar-refractivity contribution >= 4 is 36.4 Å². The van der Waals surface area contributed by atoms with Gasteiger partial charge in [0.15, 0.2) is 6.29 Å². The van der Waals surface area contributed by atoms with Crippen molar-refractivity contribution in [2.24, 2.45) is 0 Å². The molecule has 0 amide bonds. The largest absolute Gasteiger partial charge is 0.296 e. The molecule has 0 aliphatic heterocycles. The van der Waals surface area contributed by atoms with Gasteiger partial charge in [0.05, 0.1) is 5.56 Å². The van der Waals surface area contributed by atoms with E-state index in [0.29, 0.717) is 17.5 Å². The van der Waals surface area contributed by atoms with E-state index in [1.165, 1.54) is 8.93 Å². The van der Waals surface area contributed by atoms with Crippen molar-refractivity contribution in [3.05, 3.63) is 29.6 Å². The van der Waals surface area contributed by atoms with Gasteiger partial charge in [-0.25, -0.2) is 0 Å². The zero-order chi connectivity index (χ0) is 8.81. The van der Waals surface area contributed by atoms with Gasteiger partial charge in [-0.15, -0.1) is 0 Å². The molecule has 0 aliphatic rings. The summed E-state index contributed by atoms with van der Waals surface area (Å²) in [6.45, 7) is 0. The highest BCUT2D eigenvalue weighted by Gasteiger charge is 1.96. The lowest BCUT2D eigenvalue weighted by Crippen LogP contribution is -1.90. The van der Waals surface area contributed by atoms with Crippen LogP contribution in [-0.4, -0.2) is 11.3 Å². The topological polar surface area (TPSA) is 30.0 Å². The number of aromatic nitrogens is 1. The van der Waals surface area contributed by atoms with E-state index in [1.807, 2.05) is 0 Å². The highest BCUT2D eigenvalue weighted by molar-refractivity contribution is 14.2. The molecule has 12 heavy (non-hydrogen) atoms. The van der Waals surface area contributed by atoms with E-state index in [0.717, 1.165) is 0 Å². The van der Waals surface area contributed by atoms with E-state index in [4.69, 9.17) is 0 Å². The summed E-state index contributed by atoms with van der Waals surface area (Å²) in [5, 5.41) is 2.79. The van der Waals surface area contributed by atoms with Crippen molar-refractivity contribution < 1.29 is 4.79 Å². The van der Waals surface area contributed by atoms with Crippen molar-refractivity contribution in [2.45, 2.75) is 0 Å². The van der Waals surface area contributed by atoms with Crippen molar-refractivity contribution in [1.82, 2.24) is 4.98 Å². The second-order valence-electron chi connectivity index (χ2n) is 1.86. The molecule has 1 rings (SSSR count). The molecule has 60 valence electrons. The molecule has 0 aromatic carbocycles. The van der Waals surface area contributed by atoms with Crippen LogP contribution in [-0.2, 0) is 0 Å². The fourth-order valence-corrected chi connectivity index (χ4v) is 1.17. The van der Waals surface area contributed by atoms with Gasteiger partial charge < -0.3 is 0 Å². The van der Waals surface area contributed by atoms with Crippen LogP contribution in [0.1, 0.15) is 16.1 Å². The number of halogens is 1. The van der Waals surface area contributed by atoms with E-state index in [1.54, 1.807) is 18.3 Å². The first-order chi connectivity index (χ1) is 5.88. The molecular weight excluding hydrogens is 285 g/mol. The average molecular weight is 289 g/mol. The third-order valence-electron chi connectivity index (χ3n) is 1.17. The van der Waals surface area contributed by atoms with Crippen LogP contribution in [0.2, 0.25) is 0 Å². The Morgan fingerprint density at radius 2 is 2.50 bits per heavy atom. The van der Waals surface area contributed by atoms with Crippen LogP contribution in [0.25, 0.3) is 0 Å². The summed E-state index contributed by atoms with van der Waals surface area (Å²) in [7, 11) is 1.38. The Bertz CT molecular complexity index is 342. The Labute approximate surface area is 86.7 Å². The van der Waals surface area contributed by atoms with Crippen molar-refractivity contribution in [3.63, 3.8) is 0 Å². The Hall–Kier alpha value is -0.540. The highest BCUT2D eigenvalue weighted by Crippen LogP contribution is 2.08. The Morgan fingerprint density at radius 3 is 3.17 bits per heavy atom. The zero-order valence-corrected chi connectivity index (χ0v) is 8.93. The normalized spacial score (nSPS) is 8.42. The van der Waals surface area contributed by atoms with Gasteiger partial charge in [0.25, 0.3) is 0 Å². The second-order valence-corrected chi connectivity index (χ2v) is 3.54. The first-order valence-electron chi connectivity index (χ1n) is 3.07. The predicted molar refractivity (Wildman–Crippen MR) is 58.1 cm³/mol. The summed E-state index contributed by atoms with van der Waals surface area (Å²) >= 11 is 2.07. The molecule has 0 unspecified atom stereocenters. The Kier molecular flexibility index (Phi) is 4.11. The lowest BCUT2D eigenvalue weighted by molar-refractivity contribution is 0.111. The van der Waals surface area contributed by atoms with Crippen LogP contribution in [0, 0.1) is 11.2 Å². The molecule has 0 fully saturated rings. The molecule has 0 radical (unpaired) electrons. The number of hydrogen-bond acceptors (Lipinski definition) is 3. The summed E-state index contributed by atoms with van der Waals surface area (Å²) in [6, 6.07) is 3.53. The van der Waals surface area contributed by atoms with E-state index in [9.17, 15) is 4.79 Å². The van der Waals surface area contributed by atoms with E-state index < -0.39 is 0 Å². The first-order valence-corrected chi connectivity index (χ1v) is 6.43. The quantitative estimate of drug-likeness (QED) is 0.451. The van der Waals surface area contributed by atoms with Crippen LogP contribution in [0.5, 0.6) is 0 Å². The standard InChI is InChI=1S/C8H4INOS/c9-12-5-3-7-2-1-4-10-8(7)6-11/h1-2,4,6H. The predicted octanol–water partition coefficient (Wildman–Crippen LogP) is 2.29. The molecule has 0 atom stereocenters. The minimum atomic E-state index is 0.399. The Morgan fingerprint density at radius 1 is 1.67 bits per heavy atom. The summed E-state index contributed by atoms with van der Waals surface area (Å²) in [6.07, 6.45) is 2.29. The Balaban J connectivity index is 3.05. The van der Waals surface area contributed by atoms with E-state index in [2.05, 4.69) is 37.4 Å². The molecule has 0 N–H and O–H groups in total. The molecule has 0 bridgehead atoms. The van der Waals surface area contributed by atoms with Gasteiger partial charge in [-0.3, -0.25) is 9.78 Å². The minimum Gasteiger partial charge on any atom is -0.296 e. The minimum absolute atomic E-state index is 0.399. The van der Waals surface area contributed by atoms with Crippen LogP contribution >= 0.6 is 30.1 Å². The lowest BCUT2D eigenvalue weighted by atomic mass is 10.2. The SMILES string of the molecule is O=Cc1ncccc1C#CSI. The molecule has 0 aliphatic carbocycles. The molecule has 1 heterocycles. The van der Waals surface area contributed by atoms with Crippen LogP contribution in [0.15, 0.2) is 18.3 Å². The molecule has 0 saturated carbocycles. The lowest BCUT2D eigenvalue weighted by Gasteiger charge is -1.91. The van der Waals surface area contributed by atoms with Gasteiger partial charge in [-0.1, -0.05) is 5.92 Å². The van der Waals surface area contributed by atoms with Gasteiger partial charge in [0.2, 0.25) is 0 Å². The average Bonchev–Trinajstić information content (AvgIpc) is 2.15. The second kappa shape index (κ2) is 5.17. The summed E-state index contributed by atoms with van der Waals surface area (Å²) in [4.78, 5) is 14.3. The summed E-state index contributed by atoms with van der Waals surface area (Å²) < 4.78 is 0. The third kappa shape index (κ3) is 2.50. The number of pyridine rings is 1. The van der Waals surface area contributed by atoms with Gasteiger partial charge >= 0.3 is 0 Å². The number of carbonyl (C=O) groups is 1. The molecule has 4 heteroatoms. The van der Waals surface area contributed by atoms with E-state index in [-0.39, 0.29) is 0 Å². The number of hydrogen-bond donors (Lipinski definition) is 0. The van der Waals surface area contributed by atoms with Crippen molar-refractivity contribution in [2.75, 3.05) is 0 Å². The number of carbonyl (C=O) groups excluding carboxylic acids is 1. The highest BCUT2D eigenvalue weighted by atomic mass is 127.